The first-order chi connectivity index (χ1) is 12.5. The van der Waals surface area contributed by atoms with Gasteiger partial charge in [0.2, 0.25) is 5.91 Å². The van der Waals surface area contributed by atoms with E-state index < -0.39 is 5.25 Å². The maximum atomic E-state index is 12.5. The second kappa shape index (κ2) is 8.07. The Hall–Kier alpha value is -2.09. The van der Waals surface area contributed by atoms with E-state index in [0.717, 1.165) is 11.5 Å². The fourth-order valence-electron chi connectivity index (χ4n) is 2.23. The maximum Gasteiger partial charge on any atom is 0.238 e. The van der Waals surface area contributed by atoms with Gasteiger partial charge in [-0.15, -0.1) is 10.2 Å². The van der Waals surface area contributed by atoms with Crippen molar-refractivity contribution in [3.05, 3.63) is 58.5 Å². The molecule has 2 aromatic heterocycles. The van der Waals surface area contributed by atoms with Crippen molar-refractivity contribution in [1.82, 2.24) is 19.7 Å². The number of pyridine rings is 1. The molecule has 0 fully saturated rings. The van der Waals surface area contributed by atoms with Crippen molar-refractivity contribution in [2.45, 2.75) is 24.3 Å². The average Bonchev–Trinajstić information content (AvgIpc) is 2.98. The van der Waals surface area contributed by atoms with E-state index >= 15 is 0 Å². The molecule has 0 bridgehead atoms. The molecule has 0 saturated heterocycles. The van der Waals surface area contributed by atoms with Crippen molar-refractivity contribution < 1.29 is 4.79 Å². The number of carbonyl (C=O) groups is 1. The SMILES string of the molecule is Cc1nnc(SC(C)C(=O)Nc2ncc(Cl)cc2Cl)n1-c1ccccc1. The van der Waals surface area contributed by atoms with Crippen LogP contribution in [0.15, 0.2) is 47.8 Å². The molecule has 1 atom stereocenters. The summed E-state index contributed by atoms with van der Waals surface area (Å²) >= 11 is 13.2. The number of carbonyl (C=O) groups excluding carboxylic acids is 1. The van der Waals surface area contributed by atoms with Gasteiger partial charge in [-0.25, -0.2) is 4.98 Å². The molecule has 1 aromatic carbocycles. The van der Waals surface area contributed by atoms with Gasteiger partial charge in [-0.05, 0) is 32.0 Å². The molecule has 1 unspecified atom stereocenters. The lowest BCUT2D eigenvalue weighted by Gasteiger charge is -2.13. The zero-order chi connectivity index (χ0) is 18.7. The van der Waals surface area contributed by atoms with Crippen molar-refractivity contribution in [2.75, 3.05) is 5.32 Å². The summed E-state index contributed by atoms with van der Waals surface area (Å²) in [6.07, 6.45) is 1.43. The predicted molar refractivity (Wildman–Crippen MR) is 104 cm³/mol. The number of nitrogens with one attached hydrogen (secondary N) is 1. The minimum absolute atomic E-state index is 0.244. The van der Waals surface area contributed by atoms with Crippen LogP contribution in [0.4, 0.5) is 5.82 Å². The van der Waals surface area contributed by atoms with Crippen LogP contribution in [-0.2, 0) is 4.79 Å². The van der Waals surface area contributed by atoms with Gasteiger partial charge < -0.3 is 5.32 Å². The number of aromatic nitrogens is 4. The first-order valence-corrected chi connectivity index (χ1v) is 9.35. The molecule has 2 heterocycles. The number of para-hydroxylation sites is 1. The van der Waals surface area contributed by atoms with Crippen molar-refractivity contribution in [3.8, 4) is 5.69 Å². The lowest BCUT2D eigenvalue weighted by atomic mass is 10.3. The molecule has 1 N–H and O–H groups in total. The summed E-state index contributed by atoms with van der Waals surface area (Å²) in [6.45, 7) is 3.65. The molecule has 0 spiro atoms. The zero-order valence-corrected chi connectivity index (χ0v) is 16.3. The van der Waals surface area contributed by atoms with Crippen LogP contribution >= 0.6 is 35.0 Å². The number of anilines is 1. The van der Waals surface area contributed by atoms with Crippen LogP contribution in [0.1, 0.15) is 12.7 Å². The van der Waals surface area contributed by atoms with Crippen LogP contribution in [0, 0.1) is 6.92 Å². The number of halogens is 2. The number of benzene rings is 1. The molecular formula is C17H15Cl2N5OS. The summed E-state index contributed by atoms with van der Waals surface area (Å²) in [5, 5.41) is 11.9. The molecule has 0 saturated carbocycles. The molecule has 26 heavy (non-hydrogen) atoms. The largest absolute Gasteiger partial charge is 0.308 e. The number of nitrogens with zero attached hydrogens (tertiary/aromatic N) is 4. The molecule has 3 rings (SSSR count). The van der Waals surface area contributed by atoms with Gasteiger partial charge >= 0.3 is 0 Å². The number of rotatable bonds is 5. The number of thioether (sulfide) groups is 1. The standard InChI is InChI=1S/C17H15Cl2N5OS/c1-10(16(25)21-15-14(19)8-12(18)9-20-15)26-17-23-22-11(2)24(17)13-6-4-3-5-7-13/h3-10H,1-2H3,(H,20,21,25). The van der Waals surface area contributed by atoms with E-state index in [2.05, 4.69) is 20.5 Å². The molecule has 134 valence electrons. The van der Waals surface area contributed by atoms with Crippen LogP contribution in [-0.4, -0.2) is 30.9 Å². The van der Waals surface area contributed by atoms with Gasteiger partial charge in [-0.1, -0.05) is 53.2 Å². The van der Waals surface area contributed by atoms with Gasteiger partial charge in [-0.2, -0.15) is 0 Å². The highest BCUT2D eigenvalue weighted by Crippen LogP contribution is 2.27. The highest BCUT2D eigenvalue weighted by Gasteiger charge is 2.21. The minimum atomic E-state index is -0.436. The van der Waals surface area contributed by atoms with E-state index in [1.54, 1.807) is 6.92 Å². The Balaban J connectivity index is 1.76. The van der Waals surface area contributed by atoms with Crippen molar-refractivity contribution in [2.24, 2.45) is 0 Å². The smallest absolute Gasteiger partial charge is 0.238 e. The quantitative estimate of drug-likeness (QED) is 0.634. The highest BCUT2D eigenvalue weighted by molar-refractivity contribution is 8.00. The Bertz CT molecular complexity index is 932. The van der Waals surface area contributed by atoms with Gasteiger partial charge in [-0.3, -0.25) is 9.36 Å². The Morgan fingerprint density at radius 1 is 1.23 bits per heavy atom. The van der Waals surface area contributed by atoms with E-state index in [1.165, 1.54) is 24.0 Å². The van der Waals surface area contributed by atoms with E-state index in [0.29, 0.717) is 10.2 Å². The maximum absolute atomic E-state index is 12.5. The van der Waals surface area contributed by atoms with E-state index in [4.69, 9.17) is 23.2 Å². The third-order valence-electron chi connectivity index (χ3n) is 3.51. The Kier molecular flexibility index (Phi) is 5.80. The first kappa shape index (κ1) is 18.7. The molecule has 6 nitrogen and oxygen atoms in total. The van der Waals surface area contributed by atoms with Crippen molar-refractivity contribution in [1.29, 1.82) is 0 Å². The Morgan fingerprint density at radius 3 is 2.65 bits per heavy atom. The van der Waals surface area contributed by atoms with E-state index in [9.17, 15) is 4.79 Å². The van der Waals surface area contributed by atoms with Gasteiger partial charge in [0, 0.05) is 11.9 Å². The molecule has 3 aromatic rings. The highest BCUT2D eigenvalue weighted by atomic mass is 35.5. The summed E-state index contributed by atoms with van der Waals surface area (Å²) < 4.78 is 1.90. The zero-order valence-electron chi connectivity index (χ0n) is 14.0. The van der Waals surface area contributed by atoms with Crippen LogP contribution in [0.3, 0.4) is 0 Å². The Morgan fingerprint density at radius 2 is 1.96 bits per heavy atom. The van der Waals surface area contributed by atoms with Gasteiger partial charge in [0.05, 0.1) is 15.3 Å². The third-order valence-corrected chi connectivity index (χ3v) is 5.05. The average molecular weight is 408 g/mol. The summed E-state index contributed by atoms with van der Waals surface area (Å²) in [6, 6.07) is 11.3. The molecule has 0 radical (unpaired) electrons. The lowest BCUT2D eigenvalue weighted by molar-refractivity contribution is -0.115. The summed E-state index contributed by atoms with van der Waals surface area (Å²) in [5.41, 5.74) is 0.938. The van der Waals surface area contributed by atoms with E-state index in [-0.39, 0.29) is 16.7 Å². The monoisotopic (exact) mass is 407 g/mol. The second-order valence-corrected chi connectivity index (χ2v) is 7.59. The molecule has 0 aliphatic carbocycles. The molecule has 9 heteroatoms. The van der Waals surface area contributed by atoms with Crippen LogP contribution in [0.25, 0.3) is 5.69 Å². The second-order valence-electron chi connectivity index (χ2n) is 5.43. The van der Waals surface area contributed by atoms with Crippen LogP contribution < -0.4 is 5.32 Å². The van der Waals surface area contributed by atoms with Gasteiger partial charge in [0.15, 0.2) is 11.0 Å². The first-order valence-electron chi connectivity index (χ1n) is 7.71. The van der Waals surface area contributed by atoms with E-state index in [1.807, 2.05) is 41.8 Å². The molecule has 1 amide bonds. The summed E-state index contributed by atoms with van der Waals surface area (Å²) in [7, 11) is 0. The molecular weight excluding hydrogens is 393 g/mol. The summed E-state index contributed by atoms with van der Waals surface area (Å²) in [4.78, 5) is 16.5. The van der Waals surface area contributed by atoms with Crippen molar-refractivity contribution in [3.63, 3.8) is 0 Å². The fraction of sp³-hybridized carbons (Fsp3) is 0.176. The normalized spacial score (nSPS) is 12.0. The predicted octanol–water partition coefficient (Wildman–Crippen LogP) is 4.40. The number of aryl methyl sites for hydroxylation is 1. The molecule has 0 aliphatic rings. The Labute approximate surface area is 164 Å². The molecule has 0 aliphatic heterocycles. The van der Waals surface area contributed by atoms with Crippen LogP contribution in [0.5, 0.6) is 0 Å². The lowest BCUT2D eigenvalue weighted by Crippen LogP contribution is -2.23. The van der Waals surface area contributed by atoms with Crippen LogP contribution in [0.2, 0.25) is 10.0 Å². The summed E-state index contributed by atoms with van der Waals surface area (Å²) in [5.74, 6) is 0.773. The van der Waals surface area contributed by atoms with Gasteiger partial charge in [0.25, 0.3) is 0 Å². The number of amides is 1. The number of hydrogen-bond donors (Lipinski definition) is 1. The third kappa shape index (κ3) is 4.17. The topological polar surface area (TPSA) is 72.7 Å². The number of hydrogen-bond acceptors (Lipinski definition) is 5. The van der Waals surface area contributed by atoms with Gasteiger partial charge in [0.1, 0.15) is 5.82 Å². The van der Waals surface area contributed by atoms with Crippen molar-refractivity contribution >= 4 is 46.7 Å². The fourth-order valence-corrected chi connectivity index (χ4v) is 3.57. The minimum Gasteiger partial charge on any atom is -0.308 e.